The molecule has 0 saturated carbocycles. The summed E-state index contributed by atoms with van der Waals surface area (Å²) in [6, 6.07) is 16.5. The van der Waals surface area contributed by atoms with Gasteiger partial charge in [0.1, 0.15) is 11.6 Å². The first-order chi connectivity index (χ1) is 18.4. The van der Waals surface area contributed by atoms with Crippen LogP contribution in [0.4, 0.5) is 10.5 Å². The Morgan fingerprint density at radius 2 is 1.74 bits per heavy atom. The summed E-state index contributed by atoms with van der Waals surface area (Å²) >= 11 is 6.69. The van der Waals surface area contributed by atoms with Gasteiger partial charge >= 0.3 is 5.97 Å². The number of amides is 2. The van der Waals surface area contributed by atoms with Crippen LogP contribution in [0, 0.1) is 0 Å². The molecule has 0 aromatic heterocycles. The summed E-state index contributed by atoms with van der Waals surface area (Å²) in [6.45, 7) is 7.59. The van der Waals surface area contributed by atoms with Crippen LogP contribution in [-0.2, 0) is 9.53 Å². The SMILES string of the molecule is CCN(CC)CCOC(=O)c1ccc(NC(=O)CCCCCN2C(=O)SC(=Cc3ccccc3)C2=S)cc1. The van der Waals surface area contributed by atoms with E-state index in [1.54, 1.807) is 29.2 Å². The highest BCUT2D eigenvalue weighted by atomic mass is 32.2. The second kappa shape index (κ2) is 15.4. The van der Waals surface area contributed by atoms with Gasteiger partial charge in [0.15, 0.2) is 0 Å². The van der Waals surface area contributed by atoms with E-state index in [0.717, 1.165) is 36.4 Å². The zero-order valence-electron chi connectivity index (χ0n) is 22.0. The zero-order valence-corrected chi connectivity index (χ0v) is 23.6. The molecule has 0 atom stereocenters. The van der Waals surface area contributed by atoms with Crippen molar-refractivity contribution in [2.75, 3.05) is 38.1 Å². The molecule has 0 spiro atoms. The van der Waals surface area contributed by atoms with E-state index in [0.29, 0.717) is 48.8 Å². The fourth-order valence-corrected chi connectivity index (χ4v) is 5.22. The van der Waals surface area contributed by atoms with Crippen LogP contribution in [0.15, 0.2) is 59.5 Å². The summed E-state index contributed by atoms with van der Waals surface area (Å²) in [5.41, 5.74) is 2.10. The summed E-state index contributed by atoms with van der Waals surface area (Å²) in [4.78, 5) is 42.1. The molecule has 2 amide bonds. The van der Waals surface area contributed by atoms with Gasteiger partial charge < -0.3 is 15.0 Å². The summed E-state index contributed by atoms with van der Waals surface area (Å²) in [7, 11) is 0. The zero-order chi connectivity index (χ0) is 27.3. The van der Waals surface area contributed by atoms with Crippen LogP contribution < -0.4 is 5.32 Å². The van der Waals surface area contributed by atoms with Crippen LogP contribution in [0.2, 0.25) is 0 Å². The molecule has 0 unspecified atom stereocenters. The van der Waals surface area contributed by atoms with Gasteiger partial charge in [-0.3, -0.25) is 14.5 Å². The van der Waals surface area contributed by atoms with Crippen molar-refractivity contribution in [1.82, 2.24) is 9.80 Å². The van der Waals surface area contributed by atoms with Gasteiger partial charge in [0.05, 0.1) is 10.5 Å². The maximum atomic E-state index is 12.4. The lowest BCUT2D eigenvalue weighted by molar-refractivity contribution is -0.116. The average molecular weight is 554 g/mol. The Morgan fingerprint density at radius 1 is 1.03 bits per heavy atom. The molecule has 1 aliphatic rings. The Bertz CT molecular complexity index is 1130. The lowest BCUT2D eigenvalue weighted by Gasteiger charge is -2.17. The largest absolute Gasteiger partial charge is 0.461 e. The van der Waals surface area contributed by atoms with Crippen molar-refractivity contribution in [3.63, 3.8) is 0 Å². The minimum absolute atomic E-state index is 0.0499. The van der Waals surface area contributed by atoms with Crippen molar-refractivity contribution in [3.8, 4) is 0 Å². The number of nitrogens with one attached hydrogen (secondary N) is 1. The number of hydrogen-bond acceptors (Lipinski definition) is 7. The number of unbranched alkanes of at least 4 members (excludes halogenated alkanes) is 2. The lowest BCUT2D eigenvalue weighted by Crippen LogP contribution is -2.28. The number of esters is 1. The van der Waals surface area contributed by atoms with Gasteiger partial charge in [-0.05, 0) is 73.6 Å². The molecule has 0 radical (unpaired) electrons. The monoisotopic (exact) mass is 553 g/mol. The molecule has 202 valence electrons. The highest BCUT2D eigenvalue weighted by molar-refractivity contribution is 8.19. The molecule has 0 aliphatic carbocycles. The second-order valence-electron chi connectivity index (χ2n) is 8.84. The van der Waals surface area contributed by atoms with Crippen LogP contribution in [-0.4, -0.2) is 64.7 Å². The molecule has 1 N–H and O–H groups in total. The number of carbonyl (C=O) groups is 3. The van der Waals surface area contributed by atoms with Gasteiger partial charge in [-0.2, -0.15) is 0 Å². The number of anilines is 1. The Hall–Kier alpha value is -3.01. The highest BCUT2D eigenvalue weighted by Gasteiger charge is 2.31. The van der Waals surface area contributed by atoms with E-state index in [2.05, 4.69) is 24.1 Å². The molecule has 1 heterocycles. The lowest BCUT2D eigenvalue weighted by atomic mass is 10.1. The number of ether oxygens (including phenoxy) is 1. The first-order valence-electron chi connectivity index (χ1n) is 13.0. The van der Waals surface area contributed by atoms with Crippen LogP contribution in [0.3, 0.4) is 0 Å². The van der Waals surface area contributed by atoms with Crippen LogP contribution in [0.25, 0.3) is 6.08 Å². The van der Waals surface area contributed by atoms with E-state index in [1.165, 1.54) is 11.8 Å². The van der Waals surface area contributed by atoms with Gasteiger partial charge in [0.2, 0.25) is 5.91 Å². The molecular weight excluding hydrogens is 518 g/mol. The number of benzene rings is 2. The van der Waals surface area contributed by atoms with Crippen LogP contribution in [0.5, 0.6) is 0 Å². The minimum atomic E-state index is -0.368. The van der Waals surface area contributed by atoms with E-state index < -0.39 is 0 Å². The molecule has 1 saturated heterocycles. The second-order valence-corrected chi connectivity index (χ2v) is 10.2. The summed E-state index contributed by atoms with van der Waals surface area (Å²) < 4.78 is 5.34. The quantitative estimate of drug-likeness (QED) is 0.129. The van der Waals surface area contributed by atoms with Crippen LogP contribution in [0.1, 0.15) is 55.5 Å². The topological polar surface area (TPSA) is 79.0 Å². The minimum Gasteiger partial charge on any atom is -0.461 e. The third-order valence-electron chi connectivity index (χ3n) is 6.20. The number of carbonyl (C=O) groups excluding carboxylic acids is 3. The number of nitrogens with zero attached hydrogens (tertiary/aromatic N) is 2. The van der Waals surface area contributed by atoms with E-state index in [4.69, 9.17) is 17.0 Å². The molecule has 2 aromatic rings. The Balaban J connectivity index is 1.34. The van der Waals surface area contributed by atoms with Crippen molar-refractivity contribution in [1.29, 1.82) is 0 Å². The normalized spacial score (nSPS) is 14.4. The molecule has 0 bridgehead atoms. The van der Waals surface area contributed by atoms with Crippen molar-refractivity contribution < 1.29 is 19.1 Å². The van der Waals surface area contributed by atoms with Crippen molar-refractivity contribution in [2.45, 2.75) is 39.5 Å². The molecular formula is C29H35N3O4S2. The standard InChI is InChI=1S/C29H35N3O4S2/c1-3-31(4-2)19-20-36-28(34)23-14-16-24(17-15-23)30-26(33)13-9-6-10-18-32-27(37)25(38-29(32)35)21-22-11-7-5-8-12-22/h5,7-8,11-12,14-17,21H,3-4,6,9-10,13,18-20H2,1-2H3,(H,30,33). The maximum Gasteiger partial charge on any atom is 0.338 e. The first kappa shape index (κ1) is 29.5. The molecule has 38 heavy (non-hydrogen) atoms. The van der Waals surface area contributed by atoms with Crippen LogP contribution >= 0.6 is 24.0 Å². The third kappa shape index (κ3) is 9.08. The van der Waals surface area contributed by atoms with Crippen molar-refractivity contribution >= 4 is 57.8 Å². The highest BCUT2D eigenvalue weighted by Crippen LogP contribution is 2.33. The summed E-state index contributed by atoms with van der Waals surface area (Å²) in [5.74, 6) is -0.456. The fraction of sp³-hybridized carbons (Fsp3) is 0.379. The molecule has 7 nitrogen and oxygen atoms in total. The molecule has 2 aromatic carbocycles. The predicted octanol–water partition coefficient (Wildman–Crippen LogP) is 6.22. The number of hydrogen-bond donors (Lipinski definition) is 1. The number of rotatable bonds is 14. The molecule has 3 rings (SSSR count). The van der Waals surface area contributed by atoms with Gasteiger partial charge in [0, 0.05) is 25.2 Å². The molecule has 1 aliphatic heterocycles. The summed E-state index contributed by atoms with van der Waals surface area (Å²) in [5, 5.41) is 2.81. The van der Waals surface area contributed by atoms with Gasteiger partial charge in [0.25, 0.3) is 5.24 Å². The predicted molar refractivity (Wildman–Crippen MR) is 158 cm³/mol. The molecule has 9 heteroatoms. The average Bonchev–Trinajstić information content (AvgIpc) is 3.19. The Morgan fingerprint density at radius 3 is 2.42 bits per heavy atom. The van der Waals surface area contributed by atoms with Crippen molar-refractivity contribution in [2.24, 2.45) is 0 Å². The summed E-state index contributed by atoms with van der Waals surface area (Å²) in [6.07, 6.45) is 4.60. The third-order valence-corrected chi connectivity index (χ3v) is 7.69. The van der Waals surface area contributed by atoms with Gasteiger partial charge in [-0.25, -0.2) is 4.79 Å². The van der Waals surface area contributed by atoms with E-state index >= 15 is 0 Å². The number of thiocarbonyl (C=S) groups is 1. The maximum absolute atomic E-state index is 12.4. The van der Waals surface area contributed by atoms with E-state index in [-0.39, 0.29) is 17.1 Å². The fourth-order valence-electron chi connectivity index (χ4n) is 3.93. The first-order valence-corrected chi connectivity index (χ1v) is 14.2. The smallest absolute Gasteiger partial charge is 0.338 e. The number of likely N-dealkylation sites (N-methyl/N-ethyl adjacent to an activating group) is 1. The Labute approximate surface area is 234 Å². The number of thioether (sulfide) groups is 1. The van der Waals surface area contributed by atoms with Gasteiger partial charge in [-0.1, -0.05) is 62.8 Å². The Kier molecular flexibility index (Phi) is 12.0. The van der Waals surface area contributed by atoms with E-state index in [9.17, 15) is 14.4 Å². The molecule has 1 fully saturated rings. The van der Waals surface area contributed by atoms with Gasteiger partial charge in [-0.15, -0.1) is 0 Å². The van der Waals surface area contributed by atoms with E-state index in [1.807, 2.05) is 36.4 Å². The van der Waals surface area contributed by atoms with Crippen molar-refractivity contribution in [3.05, 3.63) is 70.6 Å².